The maximum Gasteiger partial charge on any atom is 0.238 e. The van der Waals surface area contributed by atoms with Crippen molar-refractivity contribution in [1.29, 1.82) is 0 Å². The lowest BCUT2D eigenvalue weighted by molar-refractivity contribution is -0.117. The van der Waals surface area contributed by atoms with Gasteiger partial charge >= 0.3 is 0 Å². The number of methoxy groups -OCH3 is 1. The van der Waals surface area contributed by atoms with Crippen LogP contribution in [-0.2, 0) is 11.3 Å². The van der Waals surface area contributed by atoms with Crippen molar-refractivity contribution in [2.24, 2.45) is 0 Å². The lowest BCUT2D eigenvalue weighted by atomic mass is 10.2. The summed E-state index contributed by atoms with van der Waals surface area (Å²) >= 11 is 1.64. The van der Waals surface area contributed by atoms with E-state index in [-0.39, 0.29) is 5.91 Å². The molecule has 1 aliphatic rings. The van der Waals surface area contributed by atoms with Crippen LogP contribution in [0.5, 0.6) is 5.75 Å². The molecule has 1 fully saturated rings. The molecule has 2 aromatic carbocycles. The van der Waals surface area contributed by atoms with E-state index in [2.05, 4.69) is 27.2 Å². The van der Waals surface area contributed by atoms with Crippen LogP contribution in [0.4, 0.5) is 5.69 Å². The molecule has 0 aromatic heterocycles. The Hall–Kier alpha value is -2.02. The summed E-state index contributed by atoms with van der Waals surface area (Å²) < 4.78 is 5.21. The van der Waals surface area contributed by atoms with E-state index in [1.54, 1.807) is 18.9 Å². The molecule has 2 aromatic rings. The predicted octanol–water partition coefficient (Wildman–Crippen LogP) is 3.17. The SMILES string of the molecule is COc1ccc(CN2CCN(CC(=O)Nc3ccccc3SC)CC2)cc1. The van der Waals surface area contributed by atoms with Crippen LogP contribution in [-0.4, -0.2) is 61.8 Å². The van der Waals surface area contributed by atoms with E-state index in [0.717, 1.165) is 49.1 Å². The van der Waals surface area contributed by atoms with Gasteiger partial charge in [0.1, 0.15) is 5.75 Å². The number of nitrogens with one attached hydrogen (secondary N) is 1. The van der Waals surface area contributed by atoms with Crippen LogP contribution in [0.1, 0.15) is 5.56 Å². The van der Waals surface area contributed by atoms with Gasteiger partial charge in [0.2, 0.25) is 5.91 Å². The zero-order valence-corrected chi connectivity index (χ0v) is 16.8. The molecule has 144 valence electrons. The summed E-state index contributed by atoms with van der Waals surface area (Å²) in [7, 11) is 1.68. The minimum absolute atomic E-state index is 0.0557. The molecule has 1 heterocycles. The molecule has 1 saturated heterocycles. The fourth-order valence-electron chi connectivity index (χ4n) is 3.24. The molecular formula is C21H27N3O2S. The average molecular weight is 386 g/mol. The van der Waals surface area contributed by atoms with Crippen molar-refractivity contribution in [3.05, 3.63) is 54.1 Å². The first-order valence-corrected chi connectivity index (χ1v) is 10.4. The maximum absolute atomic E-state index is 12.4. The zero-order chi connectivity index (χ0) is 19.1. The molecule has 27 heavy (non-hydrogen) atoms. The molecule has 5 nitrogen and oxygen atoms in total. The number of hydrogen-bond donors (Lipinski definition) is 1. The highest BCUT2D eigenvalue weighted by atomic mass is 32.2. The number of carbonyl (C=O) groups excluding carboxylic acids is 1. The minimum atomic E-state index is 0.0557. The zero-order valence-electron chi connectivity index (χ0n) is 16.0. The molecule has 0 unspecified atom stereocenters. The Morgan fingerprint density at radius 3 is 2.37 bits per heavy atom. The Morgan fingerprint density at radius 2 is 1.70 bits per heavy atom. The fraction of sp³-hybridized carbons (Fsp3) is 0.381. The van der Waals surface area contributed by atoms with Crippen molar-refractivity contribution in [2.45, 2.75) is 11.4 Å². The molecule has 1 aliphatic heterocycles. The minimum Gasteiger partial charge on any atom is -0.497 e. The van der Waals surface area contributed by atoms with Crippen LogP contribution < -0.4 is 10.1 Å². The van der Waals surface area contributed by atoms with E-state index in [1.807, 2.05) is 42.7 Å². The Balaban J connectivity index is 1.44. The monoisotopic (exact) mass is 385 g/mol. The van der Waals surface area contributed by atoms with Crippen molar-refractivity contribution in [3.8, 4) is 5.75 Å². The lowest BCUT2D eigenvalue weighted by Gasteiger charge is -2.34. The Morgan fingerprint density at radius 1 is 1.04 bits per heavy atom. The molecule has 0 radical (unpaired) electrons. The third-order valence-corrected chi connectivity index (χ3v) is 5.57. The molecule has 1 amide bonds. The molecule has 0 spiro atoms. The van der Waals surface area contributed by atoms with Gasteiger partial charge in [-0.1, -0.05) is 24.3 Å². The Kier molecular flexibility index (Phi) is 7.15. The van der Waals surface area contributed by atoms with Crippen LogP contribution in [0.15, 0.2) is 53.4 Å². The fourth-order valence-corrected chi connectivity index (χ4v) is 3.79. The van der Waals surface area contributed by atoms with Gasteiger partial charge in [0.05, 0.1) is 19.3 Å². The number of ether oxygens (including phenoxy) is 1. The summed E-state index contributed by atoms with van der Waals surface area (Å²) in [6, 6.07) is 16.2. The summed E-state index contributed by atoms with van der Waals surface area (Å²) in [5.41, 5.74) is 2.18. The van der Waals surface area contributed by atoms with Crippen molar-refractivity contribution in [3.63, 3.8) is 0 Å². The second-order valence-corrected chi connectivity index (χ2v) is 7.50. The third kappa shape index (κ3) is 5.73. The number of piperazine rings is 1. The van der Waals surface area contributed by atoms with Gasteiger partial charge in [-0.3, -0.25) is 14.6 Å². The van der Waals surface area contributed by atoms with Gasteiger partial charge in [-0.25, -0.2) is 0 Å². The van der Waals surface area contributed by atoms with Crippen molar-refractivity contribution in [2.75, 3.05) is 51.4 Å². The number of anilines is 1. The average Bonchev–Trinajstić information content (AvgIpc) is 2.70. The van der Waals surface area contributed by atoms with Gasteiger partial charge in [-0.05, 0) is 36.1 Å². The summed E-state index contributed by atoms with van der Waals surface area (Å²) in [4.78, 5) is 18.1. The standard InChI is InChI=1S/C21H27N3O2S/c1-26-18-9-7-17(8-10-18)15-23-11-13-24(14-12-23)16-21(25)22-19-5-3-4-6-20(19)27-2/h3-10H,11-16H2,1-2H3,(H,22,25). The van der Waals surface area contributed by atoms with E-state index < -0.39 is 0 Å². The van der Waals surface area contributed by atoms with Crippen LogP contribution in [0, 0.1) is 0 Å². The topological polar surface area (TPSA) is 44.8 Å². The molecule has 0 aliphatic carbocycles. The van der Waals surface area contributed by atoms with Gasteiger partial charge in [-0.2, -0.15) is 0 Å². The first-order chi connectivity index (χ1) is 13.2. The van der Waals surface area contributed by atoms with Crippen LogP contribution in [0.2, 0.25) is 0 Å². The Bertz CT molecular complexity index is 743. The van der Waals surface area contributed by atoms with Crippen molar-refractivity contribution < 1.29 is 9.53 Å². The molecule has 3 rings (SSSR count). The van der Waals surface area contributed by atoms with Gasteiger partial charge in [0.25, 0.3) is 0 Å². The molecule has 6 heteroatoms. The normalized spacial score (nSPS) is 15.5. The van der Waals surface area contributed by atoms with E-state index in [0.29, 0.717) is 6.54 Å². The lowest BCUT2D eigenvalue weighted by Crippen LogP contribution is -2.48. The number of thioether (sulfide) groups is 1. The number of para-hydroxylation sites is 1. The van der Waals surface area contributed by atoms with Crippen LogP contribution in [0.25, 0.3) is 0 Å². The maximum atomic E-state index is 12.4. The summed E-state index contributed by atoms with van der Waals surface area (Å²) in [6.07, 6.45) is 2.02. The van der Waals surface area contributed by atoms with Crippen molar-refractivity contribution in [1.82, 2.24) is 9.80 Å². The predicted molar refractivity (Wildman–Crippen MR) is 112 cm³/mol. The van der Waals surface area contributed by atoms with Crippen LogP contribution >= 0.6 is 11.8 Å². The molecule has 0 bridgehead atoms. The number of rotatable bonds is 7. The van der Waals surface area contributed by atoms with E-state index in [1.165, 1.54) is 5.56 Å². The first-order valence-electron chi connectivity index (χ1n) is 9.18. The van der Waals surface area contributed by atoms with Gasteiger partial charge in [0, 0.05) is 37.6 Å². The van der Waals surface area contributed by atoms with E-state index in [9.17, 15) is 4.79 Å². The Labute approximate surface area is 165 Å². The summed E-state index contributed by atoms with van der Waals surface area (Å²) in [6.45, 7) is 5.15. The van der Waals surface area contributed by atoms with Crippen LogP contribution in [0.3, 0.4) is 0 Å². The number of nitrogens with zero attached hydrogens (tertiary/aromatic N) is 2. The molecule has 0 atom stereocenters. The highest BCUT2D eigenvalue weighted by Gasteiger charge is 2.19. The number of hydrogen-bond acceptors (Lipinski definition) is 5. The van der Waals surface area contributed by atoms with E-state index >= 15 is 0 Å². The van der Waals surface area contributed by atoms with Gasteiger partial charge in [-0.15, -0.1) is 11.8 Å². The highest BCUT2D eigenvalue weighted by Crippen LogP contribution is 2.24. The smallest absolute Gasteiger partial charge is 0.238 e. The molecule has 1 N–H and O–H groups in total. The van der Waals surface area contributed by atoms with Gasteiger partial charge in [0.15, 0.2) is 0 Å². The first kappa shape index (κ1) is 19.7. The number of benzene rings is 2. The highest BCUT2D eigenvalue weighted by molar-refractivity contribution is 7.98. The summed E-state index contributed by atoms with van der Waals surface area (Å²) in [5.74, 6) is 0.942. The molecular weight excluding hydrogens is 358 g/mol. The summed E-state index contributed by atoms with van der Waals surface area (Å²) in [5, 5.41) is 3.04. The van der Waals surface area contributed by atoms with E-state index in [4.69, 9.17) is 4.74 Å². The third-order valence-electron chi connectivity index (χ3n) is 4.78. The quantitative estimate of drug-likeness (QED) is 0.742. The number of amides is 1. The van der Waals surface area contributed by atoms with Crippen molar-refractivity contribution >= 4 is 23.4 Å². The second-order valence-electron chi connectivity index (χ2n) is 6.65. The van der Waals surface area contributed by atoms with Gasteiger partial charge < -0.3 is 10.1 Å². The largest absolute Gasteiger partial charge is 0.497 e. The second kappa shape index (κ2) is 9.78. The molecule has 0 saturated carbocycles. The number of carbonyl (C=O) groups is 1.